The van der Waals surface area contributed by atoms with E-state index in [0.29, 0.717) is 22.4 Å². The summed E-state index contributed by atoms with van der Waals surface area (Å²) in [6.07, 6.45) is 7.82. The number of carboxylic acid groups (broad SMARTS) is 2. The quantitative estimate of drug-likeness (QED) is 0.234. The van der Waals surface area contributed by atoms with Crippen LogP contribution in [0.15, 0.2) is 48.5 Å². The monoisotopic (exact) mass is 497 g/mol. The summed E-state index contributed by atoms with van der Waals surface area (Å²) >= 11 is 0. The van der Waals surface area contributed by atoms with E-state index in [1.54, 1.807) is 18.2 Å². The summed E-state index contributed by atoms with van der Waals surface area (Å²) in [4.78, 5) is 22.6. The van der Waals surface area contributed by atoms with Crippen LogP contribution >= 0.6 is 0 Å². The Morgan fingerprint density at radius 2 is 1.50 bits per heavy atom. The Labute approximate surface area is 211 Å². The fourth-order valence-corrected chi connectivity index (χ4v) is 4.12. The second-order valence-electron chi connectivity index (χ2n) is 8.97. The number of aliphatic carboxylic acids is 1. The fraction of sp³-hybridized carbons (Fsp3) is 0.429. The number of benzene rings is 2. The summed E-state index contributed by atoms with van der Waals surface area (Å²) in [5.74, 6) is -1.23. The van der Waals surface area contributed by atoms with Crippen molar-refractivity contribution < 1.29 is 34.4 Å². The minimum Gasteiger partial charge on any atom is -0.491 e. The van der Waals surface area contributed by atoms with Crippen LogP contribution in [0.3, 0.4) is 0 Å². The van der Waals surface area contributed by atoms with Crippen LogP contribution in [-0.4, -0.2) is 51.1 Å². The largest absolute Gasteiger partial charge is 0.491 e. The molecule has 3 aromatic rings. The molecule has 0 spiro atoms. The van der Waals surface area contributed by atoms with E-state index < -0.39 is 24.6 Å². The predicted molar refractivity (Wildman–Crippen MR) is 137 cm³/mol. The van der Waals surface area contributed by atoms with Gasteiger partial charge in [0.05, 0.1) is 0 Å². The van der Waals surface area contributed by atoms with Gasteiger partial charge in [-0.3, -0.25) is 4.79 Å². The second kappa shape index (κ2) is 13.5. The van der Waals surface area contributed by atoms with E-state index in [9.17, 15) is 19.8 Å². The molecule has 0 radical (unpaired) electrons. The lowest BCUT2D eigenvalue weighted by Gasteiger charge is -2.14. The van der Waals surface area contributed by atoms with Gasteiger partial charge in [0, 0.05) is 10.9 Å². The van der Waals surface area contributed by atoms with Crippen molar-refractivity contribution in [1.29, 1.82) is 0 Å². The molecule has 0 saturated carbocycles. The molecule has 2 aromatic carbocycles. The van der Waals surface area contributed by atoms with Crippen molar-refractivity contribution in [1.82, 2.24) is 4.57 Å². The summed E-state index contributed by atoms with van der Waals surface area (Å²) in [7, 11) is 0. The van der Waals surface area contributed by atoms with Crippen LogP contribution in [0.2, 0.25) is 0 Å². The van der Waals surface area contributed by atoms with E-state index in [-0.39, 0.29) is 18.9 Å². The average molecular weight is 498 g/mol. The van der Waals surface area contributed by atoms with Crippen molar-refractivity contribution in [3.05, 3.63) is 59.8 Å². The molecule has 0 aliphatic heterocycles. The Balaban J connectivity index is 1.46. The van der Waals surface area contributed by atoms with Gasteiger partial charge in [-0.15, -0.1) is 0 Å². The van der Waals surface area contributed by atoms with Gasteiger partial charge in [0.2, 0.25) is 0 Å². The second-order valence-corrected chi connectivity index (χ2v) is 8.97. The van der Waals surface area contributed by atoms with Crippen molar-refractivity contribution in [2.45, 2.75) is 64.5 Å². The Bertz CT molecular complexity index is 1140. The number of unbranched alkanes of at least 4 members (excludes halogenated alkanes) is 5. The van der Waals surface area contributed by atoms with Gasteiger partial charge in [-0.1, -0.05) is 51.2 Å². The number of carbonyl (C=O) groups is 2. The van der Waals surface area contributed by atoms with Gasteiger partial charge >= 0.3 is 11.9 Å². The first-order valence-corrected chi connectivity index (χ1v) is 12.5. The average Bonchev–Trinajstić information content (AvgIpc) is 3.21. The molecule has 0 bridgehead atoms. The molecule has 194 valence electrons. The number of aliphatic hydroxyl groups excluding tert-OH is 1. The number of carboxylic acids is 2. The van der Waals surface area contributed by atoms with Crippen LogP contribution in [-0.2, 0) is 17.8 Å². The normalized spacial score (nSPS) is 11.9. The van der Waals surface area contributed by atoms with Crippen molar-refractivity contribution >= 4 is 22.8 Å². The van der Waals surface area contributed by atoms with Crippen LogP contribution in [0.1, 0.15) is 61.5 Å². The topological polar surface area (TPSA) is 118 Å². The van der Waals surface area contributed by atoms with Gasteiger partial charge < -0.3 is 29.4 Å². The van der Waals surface area contributed by atoms with Gasteiger partial charge in [0.15, 0.2) is 0 Å². The first kappa shape index (κ1) is 27.1. The van der Waals surface area contributed by atoms with E-state index in [1.807, 2.05) is 12.1 Å². The van der Waals surface area contributed by atoms with Crippen LogP contribution in [0.25, 0.3) is 10.9 Å². The van der Waals surface area contributed by atoms with E-state index >= 15 is 0 Å². The van der Waals surface area contributed by atoms with Gasteiger partial charge in [0.1, 0.15) is 43.1 Å². The Hall–Kier alpha value is -3.52. The number of hydrogen-bond acceptors (Lipinski definition) is 5. The SMILES string of the molecule is CCCCCCCCc1ccc(OCC(O)COc2ccc3c(c2)cc(C(=O)O)n3CC(=O)O)cc1. The molecule has 0 saturated heterocycles. The molecule has 0 aliphatic carbocycles. The van der Waals surface area contributed by atoms with Crippen molar-refractivity contribution in [2.24, 2.45) is 0 Å². The van der Waals surface area contributed by atoms with Gasteiger partial charge in [-0.05, 0) is 54.8 Å². The standard InChI is InChI=1S/C28H35NO7/c1-2-3-4-5-6-7-8-20-9-11-23(12-10-20)35-18-22(30)19-36-24-13-14-25-21(15-24)16-26(28(33)34)29(25)17-27(31)32/h9-16,22,30H,2-8,17-19H2,1H3,(H,31,32)(H,33,34). The number of aromatic nitrogens is 1. The maximum atomic E-state index is 11.5. The maximum absolute atomic E-state index is 11.5. The molecule has 1 unspecified atom stereocenters. The summed E-state index contributed by atoms with van der Waals surface area (Å²) in [6, 6.07) is 14.2. The minimum absolute atomic E-state index is 0.0107. The van der Waals surface area contributed by atoms with E-state index in [0.717, 1.165) is 6.42 Å². The number of aryl methyl sites for hydroxylation is 1. The van der Waals surface area contributed by atoms with Crippen molar-refractivity contribution in [3.63, 3.8) is 0 Å². The third-order valence-electron chi connectivity index (χ3n) is 6.01. The predicted octanol–water partition coefficient (Wildman–Crippen LogP) is 5.15. The summed E-state index contributed by atoms with van der Waals surface area (Å²) in [6.45, 7) is 1.82. The first-order valence-electron chi connectivity index (χ1n) is 12.5. The number of rotatable bonds is 16. The van der Waals surface area contributed by atoms with Crippen LogP contribution in [0.4, 0.5) is 0 Å². The maximum Gasteiger partial charge on any atom is 0.352 e. The number of hydrogen-bond donors (Lipinski definition) is 3. The minimum atomic E-state index is -1.21. The number of aromatic carboxylic acids is 1. The molecule has 8 heteroatoms. The highest BCUT2D eigenvalue weighted by Crippen LogP contribution is 2.25. The third kappa shape index (κ3) is 8.02. The molecule has 1 atom stereocenters. The highest BCUT2D eigenvalue weighted by Gasteiger charge is 2.17. The lowest BCUT2D eigenvalue weighted by Crippen LogP contribution is -2.25. The van der Waals surface area contributed by atoms with Gasteiger partial charge in [0.25, 0.3) is 0 Å². The molecule has 0 aliphatic rings. The van der Waals surface area contributed by atoms with E-state index in [4.69, 9.17) is 14.6 Å². The Kier molecular flexibility index (Phi) is 10.2. The molecular formula is C28H35NO7. The zero-order chi connectivity index (χ0) is 25.9. The fourth-order valence-electron chi connectivity index (χ4n) is 4.12. The number of fused-ring (bicyclic) bond motifs is 1. The molecule has 3 N–H and O–H groups in total. The molecule has 8 nitrogen and oxygen atoms in total. The van der Waals surface area contributed by atoms with Gasteiger partial charge in [-0.25, -0.2) is 4.79 Å². The molecule has 3 rings (SSSR count). The summed E-state index contributed by atoms with van der Waals surface area (Å²) in [5.41, 5.74) is 1.64. The molecular weight excluding hydrogens is 462 g/mol. The van der Waals surface area contributed by atoms with Gasteiger partial charge in [-0.2, -0.15) is 0 Å². The Morgan fingerprint density at radius 3 is 2.17 bits per heavy atom. The number of aliphatic hydroxyl groups is 1. The van der Waals surface area contributed by atoms with Crippen LogP contribution in [0, 0.1) is 0 Å². The molecule has 36 heavy (non-hydrogen) atoms. The summed E-state index contributed by atoms with van der Waals surface area (Å²) < 4.78 is 12.6. The van der Waals surface area contributed by atoms with Crippen molar-refractivity contribution in [2.75, 3.05) is 13.2 Å². The zero-order valence-electron chi connectivity index (χ0n) is 20.7. The summed E-state index contributed by atoms with van der Waals surface area (Å²) in [5, 5.41) is 29.3. The Morgan fingerprint density at radius 1 is 0.861 bits per heavy atom. The molecule has 0 amide bonds. The molecule has 1 heterocycles. The van der Waals surface area contributed by atoms with E-state index in [2.05, 4.69) is 19.1 Å². The number of nitrogens with zero attached hydrogens (tertiary/aromatic N) is 1. The smallest absolute Gasteiger partial charge is 0.352 e. The van der Waals surface area contributed by atoms with Crippen LogP contribution in [0.5, 0.6) is 11.5 Å². The molecule has 0 fully saturated rings. The van der Waals surface area contributed by atoms with E-state index in [1.165, 1.54) is 54.7 Å². The van der Waals surface area contributed by atoms with Crippen LogP contribution < -0.4 is 9.47 Å². The lowest BCUT2D eigenvalue weighted by atomic mass is 10.0. The number of ether oxygens (including phenoxy) is 2. The highest BCUT2D eigenvalue weighted by molar-refractivity contribution is 5.95. The highest BCUT2D eigenvalue weighted by atomic mass is 16.5. The molecule has 1 aromatic heterocycles. The lowest BCUT2D eigenvalue weighted by molar-refractivity contribution is -0.137. The zero-order valence-corrected chi connectivity index (χ0v) is 20.7. The first-order chi connectivity index (χ1) is 17.4. The third-order valence-corrected chi connectivity index (χ3v) is 6.01. The van der Waals surface area contributed by atoms with Crippen molar-refractivity contribution in [3.8, 4) is 11.5 Å².